The second-order valence-corrected chi connectivity index (χ2v) is 10.9. The van der Waals surface area contributed by atoms with Gasteiger partial charge in [-0.05, 0) is 91.6 Å². The molecule has 5 fully saturated rings. The fraction of sp³-hybridized carbons (Fsp3) is 0.909. The Labute approximate surface area is 170 Å². The van der Waals surface area contributed by atoms with E-state index in [1.165, 1.54) is 11.1 Å². The SMILES string of the molecule is C[C@]12CC[C@@H]3[C@H]4CC[C@]5(O)C(F)C5[C@@H]4CC[C@H]3[C@@H]1CC[C@@H]2C(=O)Cn1ncnn1. The molecule has 1 heterocycles. The molecule has 0 bridgehead atoms. The molecule has 158 valence electrons. The average molecular weight is 403 g/mol. The summed E-state index contributed by atoms with van der Waals surface area (Å²) >= 11 is 0. The molecule has 1 aromatic heterocycles. The maximum atomic E-state index is 14.3. The first kappa shape index (κ1) is 18.4. The Morgan fingerprint density at radius 2 is 1.86 bits per heavy atom. The van der Waals surface area contributed by atoms with Gasteiger partial charge in [0.1, 0.15) is 18.3 Å². The van der Waals surface area contributed by atoms with Crippen LogP contribution in [-0.4, -0.2) is 42.9 Å². The van der Waals surface area contributed by atoms with Gasteiger partial charge in [0.25, 0.3) is 0 Å². The largest absolute Gasteiger partial charge is 0.386 e. The van der Waals surface area contributed by atoms with E-state index in [1.54, 1.807) is 0 Å². The van der Waals surface area contributed by atoms with Crippen molar-refractivity contribution in [3.05, 3.63) is 6.33 Å². The Morgan fingerprint density at radius 3 is 2.66 bits per heavy atom. The van der Waals surface area contributed by atoms with Crippen LogP contribution in [0.3, 0.4) is 0 Å². The summed E-state index contributed by atoms with van der Waals surface area (Å²) in [5.74, 6) is 3.14. The Balaban J connectivity index is 1.21. The van der Waals surface area contributed by atoms with Crippen LogP contribution >= 0.6 is 0 Å². The van der Waals surface area contributed by atoms with Crippen LogP contribution < -0.4 is 0 Å². The number of halogens is 1. The minimum absolute atomic E-state index is 0.0727. The second-order valence-electron chi connectivity index (χ2n) is 10.9. The van der Waals surface area contributed by atoms with Gasteiger partial charge in [0.15, 0.2) is 12.1 Å². The number of hydrogen-bond donors (Lipinski definition) is 1. The van der Waals surface area contributed by atoms with Crippen molar-refractivity contribution in [2.75, 3.05) is 0 Å². The highest BCUT2D eigenvalue weighted by Gasteiger charge is 2.72. The summed E-state index contributed by atoms with van der Waals surface area (Å²) in [7, 11) is 0. The number of aliphatic hydroxyl groups is 1. The topological polar surface area (TPSA) is 80.9 Å². The predicted molar refractivity (Wildman–Crippen MR) is 102 cm³/mol. The van der Waals surface area contributed by atoms with Gasteiger partial charge in [-0.1, -0.05) is 6.92 Å². The van der Waals surface area contributed by atoms with Crippen molar-refractivity contribution >= 4 is 5.78 Å². The highest BCUT2D eigenvalue weighted by molar-refractivity contribution is 5.81. The van der Waals surface area contributed by atoms with E-state index in [4.69, 9.17) is 0 Å². The third kappa shape index (κ3) is 2.42. The molecule has 10 atom stereocenters. The summed E-state index contributed by atoms with van der Waals surface area (Å²) in [6, 6.07) is 0. The Bertz CT molecular complexity index is 818. The summed E-state index contributed by atoms with van der Waals surface area (Å²) < 4.78 is 14.3. The van der Waals surface area contributed by atoms with Gasteiger partial charge < -0.3 is 5.11 Å². The monoisotopic (exact) mass is 402 g/mol. The Hall–Kier alpha value is -1.37. The van der Waals surface area contributed by atoms with Gasteiger partial charge >= 0.3 is 0 Å². The van der Waals surface area contributed by atoms with E-state index in [-0.39, 0.29) is 29.6 Å². The molecule has 29 heavy (non-hydrogen) atoms. The number of hydrogen-bond acceptors (Lipinski definition) is 5. The van der Waals surface area contributed by atoms with Crippen LogP contribution in [0.2, 0.25) is 0 Å². The Kier molecular flexibility index (Phi) is 3.86. The molecular weight excluding hydrogens is 371 g/mol. The van der Waals surface area contributed by atoms with Crippen molar-refractivity contribution < 1.29 is 14.3 Å². The summed E-state index contributed by atoms with van der Waals surface area (Å²) in [5, 5.41) is 22.1. The number of ketones is 1. The lowest BCUT2D eigenvalue weighted by molar-refractivity contribution is -0.132. The van der Waals surface area contributed by atoms with E-state index in [0.29, 0.717) is 36.0 Å². The van der Waals surface area contributed by atoms with Crippen LogP contribution in [0.1, 0.15) is 58.3 Å². The zero-order valence-corrected chi connectivity index (χ0v) is 17.1. The zero-order valence-electron chi connectivity index (χ0n) is 17.1. The average Bonchev–Trinajstić information content (AvgIpc) is 3.08. The lowest BCUT2D eigenvalue weighted by Crippen LogP contribution is -2.50. The number of nitrogens with zero attached hydrogens (tertiary/aromatic N) is 4. The van der Waals surface area contributed by atoms with E-state index in [2.05, 4.69) is 22.3 Å². The van der Waals surface area contributed by atoms with Gasteiger partial charge in [0, 0.05) is 11.8 Å². The maximum absolute atomic E-state index is 14.3. The van der Waals surface area contributed by atoms with E-state index in [1.807, 2.05) is 0 Å². The first-order chi connectivity index (χ1) is 13.9. The highest BCUT2D eigenvalue weighted by atomic mass is 19.1. The van der Waals surface area contributed by atoms with Crippen LogP contribution in [0, 0.1) is 46.8 Å². The highest BCUT2D eigenvalue weighted by Crippen LogP contribution is 2.69. The zero-order chi connectivity index (χ0) is 20.0. The summed E-state index contributed by atoms with van der Waals surface area (Å²) in [4.78, 5) is 14.5. The lowest BCUT2D eigenvalue weighted by atomic mass is 9.49. The van der Waals surface area contributed by atoms with Gasteiger partial charge in [-0.25, -0.2) is 4.39 Å². The number of fused-ring (bicyclic) bond motifs is 7. The summed E-state index contributed by atoms with van der Waals surface area (Å²) in [5.41, 5.74) is -0.916. The molecule has 1 N–H and O–H groups in total. The third-order valence-corrected chi connectivity index (χ3v) is 10.1. The molecule has 0 aromatic carbocycles. The lowest BCUT2D eigenvalue weighted by Gasteiger charge is -2.55. The summed E-state index contributed by atoms with van der Waals surface area (Å²) in [6.07, 6.45) is 8.61. The number of rotatable bonds is 3. The predicted octanol–water partition coefficient (Wildman–Crippen LogP) is 2.82. The van der Waals surface area contributed by atoms with E-state index < -0.39 is 11.8 Å². The van der Waals surface area contributed by atoms with Crippen LogP contribution in [0.25, 0.3) is 0 Å². The van der Waals surface area contributed by atoms with Crippen molar-refractivity contribution in [3.63, 3.8) is 0 Å². The molecular formula is C22H31FN4O2. The fourth-order valence-corrected chi connectivity index (χ4v) is 8.79. The van der Waals surface area contributed by atoms with Crippen molar-refractivity contribution in [2.45, 2.75) is 76.6 Å². The van der Waals surface area contributed by atoms with Crippen LogP contribution in [0.15, 0.2) is 6.33 Å². The number of tetrazole rings is 1. The molecule has 0 amide bonds. The van der Waals surface area contributed by atoms with Crippen molar-refractivity contribution in [1.82, 2.24) is 20.2 Å². The minimum Gasteiger partial charge on any atom is -0.386 e. The quantitative estimate of drug-likeness (QED) is 0.841. The van der Waals surface area contributed by atoms with Gasteiger partial charge in [-0.3, -0.25) is 4.79 Å². The number of carbonyl (C=O) groups is 1. The molecule has 7 heteroatoms. The molecule has 0 aliphatic heterocycles. The van der Waals surface area contributed by atoms with Gasteiger partial charge in [0.2, 0.25) is 0 Å². The minimum atomic E-state index is -0.989. The van der Waals surface area contributed by atoms with Gasteiger partial charge in [-0.15, -0.1) is 10.2 Å². The summed E-state index contributed by atoms with van der Waals surface area (Å²) in [6.45, 7) is 2.58. The van der Waals surface area contributed by atoms with Crippen LogP contribution in [0.5, 0.6) is 0 Å². The van der Waals surface area contributed by atoms with Crippen molar-refractivity contribution in [2.24, 2.45) is 46.8 Å². The van der Waals surface area contributed by atoms with E-state index in [9.17, 15) is 14.3 Å². The molecule has 1 aromatic rings. The molecule has 2 unspecified atom stereocenters. The molecule has 5 aliphatic carbocycles. The number of aromatic nitrogens is 4. The molecule has 5 saturated carbocycles. The molecule has 5 aliphatic rings. The molecule has 0 spiro atoms. The van der Waals surface area contributed by atoms with Gasteiger partial charge in [-0.2, -0.15) is 4.80 Å². The molecule has 6 rings (SSSR count). The fourth-order valence-electron chi connectivity index (χ4n) is 8.79. The third-order valence-electron chi connectivity index (χ3n) is 10.1. The molecule has 0 saturated heterocycles. The first-order valence-corrected chi connectivity index (χ1v) is 11.5. The normalized spacial score (nSPS) is 52.8. The first-order valence-electron chi connectivity index (χ1n) is 11.5. The standard InChI is InChI=1S/C22H31FN4O2/c1-21-8-6-12-13-7-9-22(29)19(20(22)23)15(13)3-2-14(12)16(21)4-5-17(21)18(28)10-27-25-11-24-26-27/h11-17,19-20,29H,2-10H2,1H3/t12-,13-,14-,15-,16+,17-,19?,20?,21+,22-/m1/s1. The van der Waals surface area contributed by atoms with Crippen LogP contribution in [-0.2, 0) is 11.3 Å². The number of Topliss-reactive ketones (excluding diaryl/α,β-unsaturated/α-hetero) is 1. The molecule has 6 nitrogen and oxygen atoms in total. The molecule has 0 radical (unpaired) electrons. The Morgan fingerprint density at radius 1 is 1.10 bits per heavy atom. The number of alkyl halides is 1. The van der Waals surface area contributed by atoms with Crippen molar-refractivity contribution in [1.29, 1.82) is 0 Å². The maximum Gasteiger partial charge on any atom is 0.162 e. The number of carbonyl (C=O) groups excluding carboxylic acids is 1. The van der Waals surface area contributed by atoms with E-state index >= 15 is 0 Å². The smallest absolute Gasteiger partial charge is 0.162 e. The van der Waals surface area contributed by atoms with Gasteiger partial charge in [0.05, 0.1) is 0 Å². The van der Waals surface area contributed by atoms with Crippen molar-refractivity contribution in [3.8, 4) is 0 Å². The second kappa shape index (κ2) is 6.08. The van der Waals surface area contributed by atoms with Crippen LogP contribution in [0.4, 0.5) is 4.39 Å². The van der Waals surface area contributed by atoms with E-state index in [0.717, 1.165) is 44.9 Å².